The summed E-state index contributed by atoms with van der Waals surface area (Å²) in [7, 11) is 0. The zero-order valence-electron chi connectivity index (χ0n) is 11.4. The van der Waals surface area contributed by atoms with E-state index < -0.39 is 6.10 Å². The zero-order valence-corrected chi connectivity index (χ0v) is 11.4. The number of carbonyl (C=O) groups is 2. The van der Waals surface area contributed by atoms with Crippen molar-refractivity contribution in [2.45, 2.75) is 63.5 Å². The summed E-state index contributed by atoms with van der Waals surface area (Å²) in [6.07, 6.45) is 7.29. The second kappa shape index (κ2) is 6.89. The number of rotatable bonds is 4. The summed E-state index contributed by atoms with van der Waals surface area (Å²) in [6.45, 7) is 0.0263. The standard InChI is InChI=1S/C14H24N2O3/c17-12-8-4-3-7-11(12)16-13(18)9-15-14(19)10-5-1-2-6-10/h10-12,17H,1-9H2,(H,15,19)(H,16,18). The first-order valence-corrected chi connectivity index (χ1v) is 7.42. The van der Waals surface area contributed by atoms with E-state index in [4.69, 9.17) is 0 Å². The number of carbonyl (C=O) groups excluding carboxylic acids is 2. The molecule has 19 heavy (non-hydrogen) atoms. The SMILES string of the molecule is O=C(CNC(=O)C1CCCC1)NC1CCCCC1O. The average molecular weight is 268 g/mol. The summed E-state index contributed by atoms with van der Waals surface area (Å²) in [4.78, 5) is 23.5. The molecule has 2 saturated carbocycles. The number of hydrogen-bond acceptors (Lipinski definition) is 3. The fourth-order valence-corrected chi connectivity index (χ4v) is 3.04. The van der Waals surface area contributed by atoms with Gasteiger partial charge in [0, 0.05) is 5.92 Å². The van der Waals surface area contributed by atoms with Crippen LogP contribution in [0, 0.1) is 5.92 Å². The van der Waals surface area contributed by atoms with Crippen molar-refractivity contribution >= 4 is 11.8 Å². The largest absolute Gasteiger partial charge is 0.391 e. The van der Waals surface area contributed by atoms with Crippen molar-refractivity contribution in [2.75, 3.05) is 6.54 Å². The molecule has 0 aliphatic heterocycles. The number of aliphatic hydroxyl groups is 1. The minimum absolute atomic E-state index is 0.00292. The van der Waals surface area contributed by atoms with E-state index in [9.17, 15) is 14.7 Å². The van der Waals surface area contributed by atoms with Crippen LogP contribution >= 0.6 is 0 Å². The number of hydrogen-bond donors (Lipinski definition) is 3. The Labute approximate surface area is 114 Å². The van der Waals surface area contributed by atoms with Crippen LogP contribution in [0.1, 0.15) is 51.4 Å². The van der Waals surface area contributed by atoms with Gasteiger partial charge in [-0.05, 0) is 25.7 Å². The third-order valence-corrected chi connectivity index (χ3v) is 4.23. The molecule has 0 heterocycles. The van der Waals surface area contributed by atoms with Gasteiger partial charge in [-0.2, -0.15) is 0 Å². The maximum Gasteiger partial charge on any atom is 0.239 e. The topological polar surface area (TPSA) is 78.4 Å². The van der Waals surface area contributed by atoms with Crippen LogP contribution in [-0.2, 0) is 9.59 Å². The molecule has 3 N–H and O–H groups in total. The summed E-state index contributed by atoms with van der Waals surface area (Å²) in [5.41, 5.74) is 0. The third-order valence-electron chi connectivity index (χ3n) is 4.23. The van der Waals surface area contributed by atoms with Gasteiger partial charge < -0.3 is 15.7 Å². The average Bonchev–Trinajstić information content (AvgIpc) is 2.93. The molecule has 0 aromatic carbocycles. The van der Waals surface area contributed by atoms with Gasteiger partial charge in [0.1, 0.15) is 0 Å². The van der Waals surface area contributed by atoms with Gasteiger partial charge in [-0.15, -0.1) is 0 Å². The smallest absolute Gasteiger partial charge is 0.239 e. The highest BCUT2D eigenvalue weighted by Crippen LogP contribution is 2.24. The monoisotopic (exact) mass is 268 g/mol. The van der Waals surface area contributed by atoms with E-state index in [1.54, 1.807) is 0 Å². The van der Waals surface area contributed by atoms with Crippen LogP contribution in [-0.4, -0.2) is 35.6 Å². The predicted molar refractivity (Wildman–Crippen MR) is 71.4 cm³/mol. The van der Waals surface area contributed by atoms with Gasteiger partial charge in [0.05, 0.1) is 18.7 Å². The van der Waals surface area contributed by atoms with E-state index in [0.717, 1.165) is 51.4 Å². The van der Waals surface area contributed by atoms with Crippen LogP contribution < -0.4 is 10.6 Å². The summed E-state index contributed by atoms with van der Waals surface area (Å²) in [5, 5.41) is 15.3. The summed E-state index contributed by atoms with van der Waals surface area (Å²) in [6, 6.07) is -0.148. The van der Waals surface area contributed by atoms with Gasteiger partial charge in [0.25, 0.3) is 0 Å². The molecule has 2 aliphatic rings. The molecule has 2 atom stereocenters. The molecule has 0 aromatic rings. The molecule has 5 heteroatoms. The molecule has 2 amide bonds. The molecule has 2 rings (SSSR count). The first-order valence-electron chi connectivity index (χ1n) is 7.42. The molecule has 2 unspecified atom stereocenters. The second-order valence-corrected chi connectivity index (χ2v) is 5.72. The van der Waals surface area contributed by atoms with Gasteiger partial charge in [-0.3, -0.25) is 9.59 Å². The van der Waals surface area contributed by atoms with Crippen molar-refractivity contribution in [1.82, 2.24) is 10.6 Å². The maximum absolute atomic E-state index is 11.8. The Morgan fingerprint density at radius 1 is 1.00 bits per heavy atom. The van der Waals surface area contributed by atoms with Crippen molar-refractivity contribution in [3.8, 4) is 0 Å². The number of nitrogens with one attached hydrogen (secondary N) is 2. The molecule has 108 valence electrons. The van der Waals surface area contributed by atoms with Crippen molar-refractivity contribution in [3.63, 3.8) is 0 Å². The summed E-state index contributed by atoms with van der Waals surface area (Å²) >= 11 is 0. The first-order chi connectivity index (χ1) is 9.16. The van der Waals surface area contributed by atoms with E-state index in [1.807, 2.05) is 0 Å². The first kappa shape index (κ1) is 14.3. The molecule has 2 aliphatic carbocycles. The van der Waals surface area contributed by atoms with E-state index in [0.29, 0.717) is 0 Å². The van der Waals surface area contributed by atoms with Crippen molar-refractivity contribution in [3.05, 3.63) is 0 Å². The molecule has 0 aromatic heterocycles. The van der Waals surface area contributed by atoms with Crippen LogP contribution in [0.15, 0.2) is 0 Å². The van der Waals surface area contributed by atoms with Crippen molar-refractivity contribution in [1.29, 1.82) is 0 Å². The van der Waals surface area contributed by atoms with Crippen LogP contribution in [0.3, 0.4) is 0 Å². The molecular weight excluding hydrogens is 244 g/mol. The molecule has 0 spiro atoms. The maximum atomic E-state index is 11.8. The highest BCUT2D eigenvalue weighted by Gasteiger charge is 2.26. The van der Waals surface area contributed by atoms with Gasteiger partial charge in [0.15, 0.2) is 0 Å². The molecule has 0 radical (unpaired) electrons. The molecular formula is C14H24N2O3. The fourth-order valence-electron chi connectivity index (χ4n) is 3.04. The molecule has 0 saturated heterocycles. The van der Waals surface area contributed by atoms with E-state index in [2.05, 4.69) is 10.6 Å². The Morgan fingerprint density at radius 2 is 1.63 bits per heavy atom. The lowest BCUT2D eigenvalue weighted by Gasteiger charge is -2.28. The van der Waals surface area contributed by atoms with E-state index >= 15 is 0 Å². The van der Waals surface area contributed by atoms with Gasteiger partial charge in [0.2, 0.25) is 11.8 Å². The quantitative estimate of drug-likeness (QED) is 0.702. The van der Waals surface area contributed by atoms with E-state index in [-0.39, 0.29) is 30.3 Å². The van der Waals surface area contributed by atoms with Gasteiger partial charge >= 0.3 is 0 Å². The van der Waals surface area contributed by atoms with E-state index in [1.165, 1.54) is 0 Å². The Kier molecular flexibility index (Phi) is 5.19. The summed E-state index contributed by atoms with van der Waals surface area (Å²) < 4.78 is 0. The fraction of sp³-hybridized carbons (Fsp3) is 0.857. The van der Waals surface area contributed by atoms with Crippen LogP contribution in [0.2, 0.25) is 0 Å². The third kappa shape index (κ3) is 4.20. The second-order valence-electron chi connectivity index (χ2n) is 5.72. The van der Waals surface area contributed by atoms with Crippen molar-refractivity contribution < 1.29 is 14.7 Å². The highest BCUT2D eigenvalue weighted by molar-refractivity contribution is 5.86. The number of aliphatic hydroxyl groups excluding tert-OH is 1. The Balaban J connectivity index is 1.67. The lowest BCUT2D eigenvalue weighted by atomic mass is 9.92. The Hall–Kier alpha value is -1.10. The minimum atomic E-state index is -0.441. The molecule has 5 nitrogen and oxygen atoms in total. The van der Waals surface area contributed by atoms with Crippen LogP contribution in [0.5, 0.6) is 0 Å². The lowest BCUT2D eigenvalue weighted by molar-refractivity contribution is -0.129. The Bertz CT molecular complexity index is 327. The zero-order chi connectivity index (χ0) is 13.7. The van der Waals surface area contributed by atoms with Crippen LogP contribution in [0.4, 0.5) is 0 Å². The lowest BCUT2D eigenvalue weighted by Crippen LogP contribution is -2.48. The summed E-state index contributed by atoms with van der Waals surface area (Å²) in [5.74, 6) is -0.109. The molecule has 0 bridgehead atoms. The number of amides is 2. The van der Waals surface area contributed by atoms with Crippen molar-refractivity contribution in [2.24, 2.45) is 5.92 Å². The van der Waals surface area contributed by atoms with Gasteiger partial charge in [-0.25, -0.2) is 0 Å². The highest BCUT2D eigenvalue weighted by atomic mass is 16.3. The normalized spacial score (nSPS) is 28.1. The minimum Gasteiger partial charge on any atom is -0.391 e. The predicted octanol–water partition coefficient (Wildman–Crippen LogP) is 0.712. The van der Waals surface area contributed by atoms with Gasteiger partial charge in [-0.1, -0.05) is 25.7 Å². The van der Waals surface area contributed by atoms with Crippen LogP contribution in [0.25, 0.3) is 0 Å². The Morgan fingerprint density at radius 3 is 2.32 bits per heavy atom. The molecule has 2 fully saturated rings.